The molecule has 3 N–H and O–H groups in total. The molecule has 2 rings (SSSR count). The van der Waals surface area contributed by atoms with E-state index < -0.39 is 0 Å². The van der Waals surface area contributed by atoms with Crippen molar-refractivity contribution in [2.75, 3.05) is 5.43 Å². The number of nitrogens with two attached hydrogens (primary N) is 1. The van der Waals surface area contributed by atoms with Gasteiger partial charge in [0.25, 0.3) is 0 Å². The summed E-state index contributed by atoms with van der Waals surface area (Å²) in [6, 6.07) is 0. The molecular weight excluding hydrogens is 164 g/mol. The SMILES string of the molecule is CC1CCc2cnc(NN)nc2C1. The highest BCUT2D eigenvalue weighted by molar-refractivity contribution is 5.29. The second-order valence-corrected chi connectivity index (χ2v) is 3.66. The molecule has 0 amide bonds. The number of nitrogens with zero attached hydrogens (tertiary/aromatic N) is 2. The largest absolute Gasteiger partial charge is 0.292 e. The fourth-order valence-corrected chi connectivity index (χ4v) is 1.73. The molecule has 4 heteroatoms. The Hall–Kier alpha value is -1.16. The molecule has 0 saturated heterocycles. The number of nitrogen functional groups attached to an aromatic ring is 1. The average molecular weight is 178 g/mol. The average Bonchev–Trinajstić information content (AvgIpc) is 2.16. The van der Waals surface area contributed by atoms with E-state index in [1.54, 1.807) is 0 Å². The predicted molar refractivity (Wildman–Crippen MR) is 51.0 cm³/mol. The first-order valence-electron chi connectivity index (χ1n) is 4.61. The third kappa shape index (κ3) is 1.62. The van der Waals surface area contributed by atoms with Crippen LogP contribution >= 0.6 is 0 Å². The topological polar surface area (TPSA) is 63.8 Å². The smallest absolute Gasteiger partial charge is 0.237 e. The Morgan fingerprint density at radius 2 is 2.46 bits per heavy atom. The molecule has 70 valence electrons. The molecule has 0 radical (unpaired) electrons. The molecule has 0 fully saturated rings. The number of aromatic nitrogens is 2. The fourth-order valence-electron chi connectivity index (χ4n) is 1.73. The lowest BCUT2D eigenvalue weighted by Crippen LogP contribution is -2.17. The van der Waals surface area contributed by atoms with Gasteiger partial charge in [0, 0.05) is 11.9 Å². The van der Waals surface area contributed by atoms with Gasteiger partial charge in [-0.3, -0.25) is 5.43 Å². The number of rotatable bonds is 1. The highest BCUT2D eigenvalue weighted by atomic mass is 15.3. The number of nitrogens with one attached hydrogen (secondary N) is 1. The van der Waals surface area contributed by atoms with Crippen molar-refractivity contribution in [3.8, 4) is 0 Å². The Bertz CT molecular complexity index is 310. The quantitative estimate of drug-likeness (QED) is 0.495. The molecule has 0 bridgehead atoms. The Labute approximate surface area is 77.5 Å². The predicted octanol–water partition coefficient (Wildman–Crippen LogP) is 0.887. The van der Waals surface area contributed by atoms with Gasteiger partial charge in [-0.05, 0) is 30.7 Å². The van der Waals surface area contributed by atoms with E-state index in [9.17, 15) is 0 Å². The highest BCUT2D eigenvalue weighted by Gasteiger charge is 2.16. The van der Waals surface area contributed by atoms with Crippen LogP contribution < -0.4 is 11.3 Å². The van der Waals surface area contributed by atoms with E-state index in [1.807, 2.05) is 6.20 Å². The fraction of sp³-hybridized carbons (Fsp3) is 0.556. The van der Waals surface area contributed by atoms with Gasteiger partial charge in [0.2, 0.25) is 5.95 Å². The molecule has 0 saturated carbocycles. The first-order chi connectivity index (χ1) is 6.29. The third-order valence-electron chi connectivity index (χ3n) is 2.53. The first kappa shape index (κ1) is 8.44. The molecule has 1 heterocycles. The van der Waals surface area contributed by atoms with E-state index in [1.165, 1.54) is 12.0 Å². The zero-order valence-corrected chi connectivity index (χ0v) is 7.75. The van der Waals surface area contributed by atoms with Crippen LogP contribution in [0.15, 0.2) is 6.20 Å². The normalized spacial score (nSPS) is 20.9. The lowest BCUT2D eigenvalue weighted by molar-refractivity contribution is 0.491. The van der Waals surface area contributed by atoms with Gasteiger partial charge in [0.05, 0.1) is 0 Å². The van der Waals surface area contributed by atoms with Crippen molar-refractivity contribution in [2.24, 2.45) is 11.8 Å². The molecule has 4 nitrogen and oxygen atoms in total. The van der Waals surface area contributed by atoms with Crippen molar-refractivity contribution in [1.82, 2.24) is 9.97 Å². The van der Waals surface area contributed by atoms with E-state index >= 15 is 0 Å². The molecule has 0 aliphatic heterocycles. The van der Waals surface area contributed by atoms with Gasteiger partial charge >= 0.3 is 0 Å². The van der Waals surface area contributed by atoms with Gasteiger partial charge in [0.15, 0.2) is 0 Å². The molecule has 1 aromatic rings. The van der Waals surface area contributed by atoms with Crippen LogP contribution in [0.4, 0.5) is 5.95 Å². The first-order valence-corrected chi connectivity index (χ1v) is 4.61. The number of hydrogen-bond acceptors (Lipinski definition) is 4. The Kier molecular flexibility index (Phi) is 2.14. The van der Waals surface area contributed by atoms with Crippen LogP contribution in [0.2, 0.25) is 0 Å². The van der Waals surface area contributed by atoms with Crippen LogP contribution in [-0.4, -0.2) is 9.97 Å². The maximum Gasteiger partial charge on any atom is 0.237 e. The van der Waals surface area contributed by atoms with Crippen LogP contribution in [0.5, 0.6) is 0 Å². The molecule has 1 aliphatic carbocycles. The van der Waals surface area contributed by atoms with Crippen LogP contribution in [0.1, 0.15) is 24.6 Å². The number of hydrazine groups is 1. The third-order valence-corrected chi connectivity index (χ3v) is 2.53. The Morgan fingerprint density at radius 3 is 3.23 bits per heavy atom. The molecule has 1 unspecified atom stereocenters. The monoisotopic (exact) mass is 178 g/mol. The number of hydrogen-bond donors (Lipinski definition) is 2. The molecule has 1 atom stereocenters. The van der Waals surface area contributed by atoms with Crippen molar-refractivity contribution in [1.29, 1.82) is 0 Å². The van der Waals surface area contributed by atoms with Crippen molar-refractivity contribution in [3.05, 3.63) is 17.5 Å². The molecular formula is C9H14N4. The zero-order chi connectivity index (χ0) is 9.26. The highest BCUT2D eigenvalue weighted by Crippen LogP contribution is 2.23. The molecule has 0 aromatic carbocycles. The van der Waals surface area contributed by atoms with E-state index in [2.05, 4.69) is 22.3 Å². The van der Waals surface area contributed by atoms with Gasteiger partial charge in [-0.15, -0.1) is 0 Å². The molecule has 13 heavy (non-hydrogen) atoms. The van der Waals surface area contributed by atoms with E-state index in [4.69, 9.17) is 5.84 Å². The van der Waals surface area contributed by atoms with E-state index in [0.717, 1.165) is 24.5 Å². The van der Waals surface area contributed by atoms with Crippen LogP contribution in [0.25, 0.3) is 0 Å². The minimum atomic E-state index is 0.521. The van der Waals surface area contributed by atoms with Gasteiger partial charge < -0.3 is 0 Å². The minimum absolute atomic E-state index is 0.521. The summed E-state index contributed by atoms with van der Waals surface area (Å²) in [5.74, 6) is 6.49. The second kappa shape index (κ2) is 3.30. The second-order valence-electron chi connectivity index (χ2n) is 3.66. The van der Waals surface area contributed by atoms with Crippen LogP contribution in [0, 0.1) is 5.92 Å². The Balaban J connectivity index is 2.32. The maximum atomic E-state index is 5.24. The van der Waals surface area contributed by atoms with Gasteiger partial charge in [0.1, 0.15) is 0 Å². The summed E-state index contributed by atoms with van der Waals surface area (Å²) in [4.78, 5) is 8.42. The summed E-state index contributed by atoms with van der Waals surface area (Å²) in [5, 5.41) is 0. The summed E-state index contributed by atoms with van der Waals surface area (Å²) in [7, 11) is 0. The molecule has 1 aromatic heterocycles. The molecule has 0 spiro atoms. The van der Waals surface area contributed by atoms with E-state index in [-0.39, 0.29) is 0 Å². The van der Waals surface area contributed by atoms with Crippen molar-refractivity contribution in [2.45, 2.75) is 26.2 Å². The number of anilines is 1. The van der Waals surface area contributed by atoms with Crippen LogP contribution in [-0.2, 0) is 12.8 Å². The lowest BCUT2D eigenvalue weighted by atomic mass is 9.89. The van der Waals surface area contributed by atoms with Crippen LogP contribution in [0.3, 0.4) is 0 Å². The minimum Gasteiger partial charge on any atom is -0.292 e. The number of aryl methyl sites for hydroxylation is 1. The van der Waals surface area contributed by atoms with E-state index in [0.29, 0.717) is 5.95 Å². The van der Waals surface area contributed by atoms with Crippen molar-refractivity contribution >= 4 is 5.95 Å². The standard InChI is InChI=1S/C9H14N4/c1-6-2-3-7-5-11-9(13-10)12-8(7)4-6/h5-6H,2-4,10H2,1H3,(H,11,12,13). The van der Waals surface area contributed by atoms with Crippen molar-refractivity contribution < 1.29 is 0 Å². The lowest BCUT2D eigenvalue weighted by Gasteiger charge is -2.19. The zero-order valence-electron chi connectivity index (χ0n) is 7.75. The molecule has 1 aliphatic rings. The van der Waals surface area contributed by atoms with Gasteiger partial charge in [-0.25, -0.2) is 15.8 Å². The summed E-state index contributed by atoms with van der Waals surface area (Å²) in [6.45, 7) is 2.25. The van der Waals surface area contributed by atoms with Gasteiger partial charge in [-0.1, -0.05) is 6.92 Å². The summed E-state index contributed by atoms with van der Waals surface area (Å²) in [6.07, 6.45) is 5.27. The summed E-state index contributed by atoms with van der Waals surface area (Å²) in [5.41, 5.74) is 4.90. The van der Waals surface area contributed by atoms with Gasteiger partial charge in [-0.2, -0.15) is 0 Å². The maximum absolute atomic E-state index is 5.24. The summed E-state index contributed by atoms with van der Waals surface area (Å²) < 4.78 is 0. The number of fused-ring (bicyclic) bond motifs is 1. The Morgan fingerprint density at radius 1 is 1.62 bits per heavy atom. The van der Waals surface area contributed by atoms with Crippen molar-refractivity contribution in [3.63, 3.8) is 0 Å². The summed E-state index contributed by atoms with van der Waals surface area (Å²) >= 11 is 0.